The Labute approximate surface area is 144 Å². The van der Waals surface area contributed by atoms with Crippen LogP contribution in [0, 0.1) is 5.92 Å². The Bertz CT molecular complexity index is 1000. The first kappa shape index (κ1) is 15.6. The number of nitrogens with one attached hydrogen (secondary N) is 2. The Morgan fingerprint density at radius 3 is 3.12 bits per heavy atom. The summed E-state index contributed by atoms with van der Waals surface area (Å²) in [6.07, 6.45) is 4.01. The van der Waals surface area contributed by atoms with E-state index in [0.717, 1.165) is 40.6 Å². The number of amides is 1. The highest BCUT2D eigenvalue weighted by Crippen LogP contribution is 2.23. The van der Waals surface area contributed by atoms with Crippen LogP contribution in [0.1, 0.15) is 23.2 Å². The molecule has 1 aliphatic carbocycles. The number of carbonyl (C=O) groups is 1. The van der Waals surface area contributed by atoms with E-state index in [1.807, 2.05) is 30.5 Å². The van der Waals surface area contributed by atoms with Crippen LogP contribution in [0.2, 0.25) is 0 Å². The molecule has 4 rings (SSSR count). The highest BCUT2D eigenvalue weighted by molar-refractivity contribution is 5.84. The second-order valence-corrected chi connectivity index (χ2v) is 6.60. The number of carbonyl (C=O) groups excluding carboxylic acids is 1. The molecular formula is C19H20N4O2. The number of aryl methyl sites for hydroxylation is 2. The maximum absolute atomic E-state index is 12.6. The molecule has 0 unspecified atom stereocenters. The molecule has 6 heteroatoms. The van der Waals surface area contributed by atoms with Gasteiger partial charge in [-0.15, -0.1) is 0 Å². The Hall–Kier alpha value is -2.89. The van der Waals surface area contributed by atoms with Crippen LogP contribution < -0.4 is 10.9 Å². The number of rotatable bonds is 3. The van der Waals surface area contributed by atoms with E-state index >= 15 is 0 Å². The molecule has 0 aliphatic heterocycles. The lowest BCUT2D eigenvalue weighted by Gasteiger charge is -2.23. The van der Waals surface area contributed by atoms with Gasteiger partial charge in [0.25, 0.3) is 5.56 Å². The maximum Gasteiger partial charge on any atom is 0.266 e. The van der Waals surface area contributed by atoms with E-state index in [2.05, 4.69) is 15.4 Å². The summed E-state index contributed by atoms with van der Waals surface area (Å²) in [7, 11) is 1.66. The molecule has 1 aromatic carbocycles. The van der Waals surface area contributed by atoms with Gasteiger partial charge in [0.15, 0.2) is 0 Å². The van der Waals surface area contributed by atoms with Crippen molar-refractivity contribution in [3.05, 3.63) is 63.7 Å². The van der Waals surface area contributed by atoms with Crippen molar-refractivity contribution >= 4 is 16.8 Å². The monoisotopic (exact) mass is 336 g/mol. The van der Waals surface area contributed by atoms with Crippen molar-refractivity contribution in [2.75, 3.05) is 0 Å². The van der Waals surface area contributed by atoms with Gasteiger partial charge in [0.2, 0.25) is 5.91 Å². The van der Waals surface area contributed by atoms with Crippen LogP contribution in [0.15, 0.2) is 41.3 Å². The molecule has 6 nitrogen and oxygen atoms in total. The second kappa shape index (κ2) is 6.20. The molecule has 1 aliphatic rings. The summed E-state index contributed by atoms with van der Waals surface area (Å²) in [5.74, 6) is -0.0665. The third-order valence-electron chi connectivity index (χ3n) is 4.95. The van der Waals surface area contributed by atoms with Crippen LogP contribution in [0.3, 0.4) is 0 Å². The topological polar surface area (TPSA) is 79.8 Å². The number of H-pyrrole nitrogens is 1. The molecule has 0 spiro atoms. The van der Waals surface area contributed by atoms with E-state index in [0.29, 0.717) is 13.0 Å². The average molecular weight is 336 g/mol. The predicted octanol–water partition coefficient (Wildman–Crippen LogP) is 1.68. The molecule has 0 bridgehead atoms. The Kier molecular flexibility index (Phi) is 3.87. The molecule has 25 heavy (non-hydrogen) atoms. The van der Waals surface area contributed by atoms with Gasteiger partial charge in [0.1, 0.15) is 0 Å². The molecule has 2 heterocycles. The first-order chi connectivity index (χ1) is 12.1. The molecule has 0 fully saturated rings. The van der Waals surface area contributed by atoms with Gasteiger partial charge in [-0.2, -0.15) is 5.10 Å². The fraction of sp³-hybridized carbons (Fsp3) is 0.316. The fourth-order valence-corrected chi connectivity index (χ4v) is 3.51. The molecule has 3 aromatic rings. The summed E-state index contributed by atoms with van der Waals surface area (Å²) >= 11 is 0. The normalized spacial score (nSPS) is 16.6. The van der Waals surface area contributed by atoms with Gasteiger partial charge in [-0.1, -0.05) is 18.2 Å². The number of hydrogen-bond donors (Lipinski definition) is 2. The lowest BCUT2D eigenvalue weighted by molar-refractivity contribution is -0.125. The van der Waals surface area contributed by atoms with E-state index in [9.17, 15) is 9.59 Å². The highest BCUT2D eigenvalue weighted by atomic mass is 16.2. The molecule has 0 saturated heterocycles. The zero-order valence-electron chi connectivity index (χ0n) is 14.1. The number of fused-ring (bicyclic) bond motifs is 2. The summed E-state index contributed by atoms with van der Waals surface area (Å²) in [4.78, 5) is 27.6. The number of aromatic amines is 1. The number of hydrogen-bond acceptors (Lipinski definition) is 3. The lowest BCUT2D eigenvalue weighted by atomic mass is 9.86. The molecule has 2 N–H and O–H groups in total. The van der Waals surface area contributed by atoms with Crippen molar-refractivity contribution in [1.82, 2.24) is 20.1 Å². The van der Waals surface area contributed by atoms with Crippen molar-refractivity contribution in [1.29, 1.82) is 0 Å². The van der Waals surface area contributed by atoms with Crippen LogP contribution in [0.4, 0.5) is 0 Å². The Morgan fingerprint density at radius 2 is 2.24 bits per heavy atom. The lowest BCUT2D eigenvalue weighted by Crippen LogP contribution is -2.35. The van der Waals surface area contributed by atoms with Gasteiger partial charge >= 0.3 is 0 Å². The molecule has 1 amide bonds. The Balaban J connectivity index is 1.45. The standard InChI is InChI=1S/C19H20N4O2/c1-23-18(24)9-13-8-12(6-7-16(13)22-23)19(25)21-11-14-10-20-17-5-3-2-4-15(14)17/h2-5,9-10,12,20H,6-8,11H2,1H3,(H,21,25)/t12-/m1/s1. The van der Waals surface area contributed by atoms with Gasteiger partial charge in [0, 0.05) is 42.7 Å². The van der Waals surface area contributed by atoms with Crippen molar-refractivity contribution in [3.63, 3.8) is 0 Å². The summed E-state index contributed by atoms with van der Waals surface area (Å²) in [6, 6.07) is 9.66. The summed E-state index contributed by atoms with van der Waals surface area (Å²) in [6.45, 7) is 0.501. The van der Waals surface area contributed by atoms with E-state index in [1.54, 1.807) is 13.1 Å². The van der Waals surface area contributed by atoms with Crippen LogP contribution in [0.25, 0.3) is 10.9 Å². The smallest absolute Gasteiger partial charge is 0.266 e. The maximum atomic E-state index is 12.6. The van der Waals surface area contributed by atoms with E-state index in [1.165, 1.54) is 4.68 Å². The zero-order valence-corrected chi connectivity index (χ0v) is 14.1. The van der Waals surface area contributed by atoms with Crippen LogP contribution in [-0.2, 0) is 31.2 Å². The Morgan fingerprint density at radius 1 is 1.40 bits per heavy atom. The minimum Gasteiger partial charge on any atom is -0.361 e. The van der Waals surface area contributed by atoms with Crippen LogP contribution in [-0.4, -0.2) is 20.7 Å². The molecule has 1 atom stereocenters. The average Bonchev–Trinajstić information content (AvgIpc) is 3.03. The third-order valence-corrected chi connectivity index (χ3v) is 4.95. The second-order valence-electron chi connectivity index (χ2n) is 6.60. The van der Waals surface area contributed by atoms with Gasteiger partial charge in [-0.25, -0.2) is 4.68 Å². The highest BCUT2D eigenvalue weighted by Gasteiger charge is 2.26. The van der Waals surface area contributed by atoms with Gasteiger partial charge in [-0.3, -0.25) is 9.59 Å². The van der Waals surface area contributed by atoms with Crippen molar-refractivity contribution < 1.29 is 4.79 Å². The van der Waals surface area contributed by atoms with E-state index < -0.39 is 0 Å². The number of nitrogens with zero attached hydrogens (tertiary/aromatic N) is 2. The number of aromatic nitrogens is 3. The fourth-order valence-electron chi connectivity index (χ4n) is 3.51. The minimum atomic E-state index is -0.126. The van der Waals surface area contributed by atoms with Gasteiger partial charge < -0.3 is 10.3 Å². The summed E-state index contributed by atoms with van der Waals surface area (Å²) in [5, 5.41) is 8.47. The molecule has 0 saturated carbocycles. The zero-order chi connectivity index (χ0) is 17.4. The molecular weight excluding hydrogens is 316 g/mol. The van der Waals surface area contributed by atoms with Gasteiger partial charge in [0.05, 0.1) is 5.69 Å². The molecule has 2 aromatic heterocycles. The quantitative estimate of drug-likeness (QED) is 0.764. The molecule has 128 valence electrons. The first-order valence-corrected chi connectivity index (χ1v) is 8.50. The van der Waals surface area contributed by atoms with Crippen molar-refractivity contribution in [3.8, 4) is 0 Å². The van der Waals surface area contributed by atoms with E-state index in [-0.39, 0.29) is 17.4 Å². The first-order valence-electron chi connectivity index (χ1n) is 8.50. The molecule has 0 radical (unpaired) electrons. The van der Waals surface area contributed by atoms with Crippen LogP contribution >= 0.6 is 0 Å². The number of benzene rings is 1. The summed E-state index contributed by atoms with van der Waals surface area (Å²) in [5.41, 5.74) is 3.86. The van der Waals surface area contributed by atoms with Crippen LogP contribution in [0.5, 0.6) is 0 Å². The summed E-state index contributed by atoms with van der Waals surface area (Å²) < 4.78 is 1.36. The SMILES string of the molecule is Cn1nc2c(cc1=O)C[C@H](C(=O)NCc1c[nH]c3ccccc13)CC2. The van der Waals surface area contributed by atoms with E-state index in [4.69, 9.17) is 0 Å². The predicted molar refractivity (Wildman–Crippen MR) is 95.1 cm³/mol. The van der Waals surface area contributed by atoms with Gasteiger partial charge in [-0.05, 0) is 36.5 Å². The van der Waals surface area contributed by atoms with Crippen molar-refractivity contribution in [2.45, 2.75) is 25.8 Å². The largest absolute Gasteiger partial charge is 0.361 e. The third kappa shape index (κ3) is 2.95. The number of para-hydroxylation sites is 1. The van der Waals surface area contributed by atoms with Crippen molar-refractivity contribution in [2.24, 2.45) is 13.0 Å². The minimum absolute atomic E-state index is 0.0385.